The number of aromatic hydroxyl groups is 1. The van der Waals surface area contributed by atoms with Crippen molar-refractivity contribution in [1.29, 1.82) is 0 Å². The zero-order chi connectivity index (χ0) is 8.97. The predicted octanol–water partition coefficient (Wildman–Crippen LogP) is 1.49. The van der Waals surface area contributed by atoms with E-state index >= 15 is 0 Å². The van der Waals surface area contributed by atoms with Crippen LogP contribution in [-0.2, 0) is 4.79 Å². The van der Waals surface area contributed by atoms with Crippen molar-refractivity contribution in [2.45, 2.75) is 7.43 Å². The number of aliphatic carboxylic acids is 1. The zero-order valence-corrected chi connectivity index (χ0v) is 6.23. The van der Waals surface area contributed by atoms with Gasteiger partial charge >= 0.3 is 5.97 Å². The van der Waals surface area contributed by atoms with E-state index in [1.54, 1.807) is 0 Å². The number of carboxylic acid groups (broad SMARTS) is 1. The Balaban J connectivity index is 0.00000144. The molecule has 0 radical (unpaired) electrons. The van der Waals surface area contributed by atoms with Gasteiger partial charge < -0.3 is 14.9 Å². The minimum absolute atomic E-state index is 0. The van der Waals surface area contributed by atoms with Gasteiger partial charge in [-0.2, -0.15) is 0 Å². The molecule has 0 aliphatic carbocycles. The first-order chi connectivity index (χ1) is 5.68. The third-order valence-electron chi connectivity index (χ3n) is 1.20. The van der Waals surface area contributed by atoms with Gasteiger partial charge in [0.15, 0.2) is 6.61 Å². The van der Waals surface area contributed by atoms with Crippen LogP contribution in [0, 0.1) is 0 Å². The Hall–Kier alpha value is -1.71. The van der Waals surface area contributed by atoms with E-state index in [-0.39, 0.29) is 19.8 Å². The topological polar surface area (TPSA) is 66.8 Å². The Bertz CT molecular complexity index is 265. The lowest BCUT2D eigenvalue weighted by Gasteiger charge is -2.01. The SMILES string of the molecule is C.O=C(O)COc1ccc(O)cc1. The number of carboxylic acids is 1. The standard InChI is InChI=1S/C8H8O4.CH4/c9-6-1-3-7(4-2-6)12-5-8(10)11;/h1-4,9H,5H2,(H,10,11);1H4. The molecule has 0 aromatic heterocycles. The summed E-state index contributed by atoms with van der Waals surface area (Å²) in [6.45, 7) is -0.370. The molecular formula is C9H12O4. The van der Waals surface area contributed by atoms with Crippen molar-refractivity contribution < 1.29 is 19.7 Å². The van der Waals surface area contributed by atoms with E-state index in [0.29, 0.717) is 5.75 Å². The Morgan fingerprint density at radius 2 is 1.85 bits per heavy atom. The number of hydrogen-bond donors (Lipinski definition) is 2. The molecule has 72 valence electrons. The number of carbonyl (C=O) groups is 1. The van der Waals surface area contributed by atoms with Gasteiger partial charge in [-0.15, -0.1) is 0 Å². The highest BCUT2D eigenvalue weighted by Gasteiger charge is 1.97. The summed E-state index contributed by atoms with van der Waals surface area (Å²) in [5, 5.41) is 17.1. The van der Waals surface area contributed by atoms with Gasteiger partial charge in [-0.25, -0.2) is 4.79 Å². The van der Waals surface area contributed by atoms with Crippen LogP contribution >= 0.6 is 0 Å². The van der Waals surface area contributed by atoms with E-state index in [1.165, 1.54) is 24.3 Å². The van der Waals surface area contributed by atoms with Crippen molar-refractivity contribution in [1.82, 2.24) is 0 Å². The highest BCUT2D eigenvalue weighted by Crippen LogP contribution is 2.15. The predicted molar refractivity (Wildman–Crippen MR) is 48.0 cm³/mol. The molecule has 2 N–H and O–H groups in total. The lowest BCUT2D eigenvalue weighted by molar-refractivity contribution is -0.139. The molecule has 13 heavy (non-hydrogen) atoms. The van der Waals surface area contributed by atoms with Gasteiger partial charge in [0, 0.05) is 0 Å². The monoisotopic (exact) mass is 184 g/mol. The van der Waals surface area contributed by atoms with E-state index in [1.807, 2.05) is 0 Å². The van der Waals surface area contributed by atoms with Crippen LogP contribution in [0.5, 0.6) is 11.5 Å². The average molecular weight is 184 g/mol. The molecule has 4 heteroatoms. The lowest BCUT2D eigenvalue weighted by atomic mass is 10.3. The average Bonchev–Trinajstić information content (AvgIpc) is 2.03. The van der Waals surface area contributed by atoms with Crippen molar-refractivity contribution >= 4 is 5.97 Å². The molecule has 0 spiro atoms. The number of rotatable bonds is 3. The highest BCUT2D eigenvalue weighted by atomic mass is 16.5. The van der Waals surface area contributed by atoms with E-state index in [4.69, 9.17) is 14.9 Å². The molecule has 0 aliphatic heterocycles. The van der Waals surface area contributed by atoms with Gasteiger partial charge in [-0.3, -0.25) is 0 Å². The zero-order valence-electron chi connectivity index (χ0n) is 6.23. The van der Waals surface area contributed by atoms with E-state index in [2.05, 4.69) is 0 Å². The third-order valence-corrected chi connectivity index (χ3v) is 1.20. The second kappa shape index (κ2) is 5.03. The van der Waals surface area contributed by atoms with Gasteiger partial charge in [0.25, 0.3) is 0 Å². The summed E-state index contributed by atoms with van der Waals surface area (Å²) in [7, 11) is 0. The Labute approximate surface area is 76.4 Å². The van der Waals surface area contributed by atoms with Gasteiger partial charge in [0.05, 0.1) is 0 Å². The molecule has 1 aromatic rings. The molecule has 0 amide bonds. The van der Waals surface area contributed by atoms with Crippen LogP contribution < -0.4 is 4.74 Å². The minimum atomic E-state index is -1.02. The van der Waals surface area contributed by atoms with Gasteiger partial charge in [-0.1, -0.05) is 7.43 Å². The first-order valence-electron chi connectivity index (χ1n) is 3.32. The molecule has 0 saturated heterocycles. The Kier molecular flexibility index (Phi) is 4.37. The fourth-order valence-electron chi connectivity index (χ4n) is 0.687. The van der Waals surface area contributed by atoms with Gasteiger partial charge in [0.2, 0.25) is 0 Å². The molecule has 0 aliphatic rings. The van der Waals surface area contributed by atoms with Crippen LogP contribution in [0.3, 0.4) is 0 Å². The molecule has 0 heterocycles. The highest BCUT2D eigenvalue weighted by molar-refractivity contribution is 5.68. The maximum absolute atomic E-state index is 10.1. The Morgan fingerprint density at radius 3 is 2.31 bits per heavy atom. The third kappa shape index (κ3) is 4.00. The largest absolute Gasteiger partial charge is 0.508 e. The molecular weight excluding hydrogens is 172 g/mol. The van der Waals surface area contributed by atoms with Crippen LogP contribution in [0.2, 0.25) is 0 Å². The summed E-state index contributed by atoms with van der Waals surface area (Å²) in [6, 6.07) is 5.85. The van der Waals surface area contributed by atoms with Gasteiger partial charge in [0.1, 0.15) is 11.5 Å². The van der Waals surface area contributed by atoms with Crippen LogP contribution in [0.1, 0.15) is 7.43 Å². The summed E-state index contributed by atoms with van der Waals surface area (Å²) < 4.78 is 4.81. The molecule has 0 atom stereocenters. The molecule has 1 aromatic carbocycles. The van der Waals surface area contributed by atoms with Crippen LogP contribution in [-0.4, -0.2) is 22.8 Å². The molecule has 0 unspecified atom stereocenters. The van der Waals surface area contributed by atoms with E-state index < -0.39 is 5.97 Å². The number of benzene rings is 1. The fourth-order valence-corrected chi connectivity index (χ4v) is 0.687. The van der Waals surface area contributed by atoms with E-state index in [0.717, 1.165) is 0 Å². The Morgan fingerprint density at radius 1 is 1.31 bits per heavy atom. The quantitative estimate of drug-likeness (QED) is 0.746. The number of hydrogen-bond acceptors (Lipinski definition) is 3. The fraction of sp³-hybridized carbons (Fsp3) is 0.222. The van der Waals surface area contributed by atoms with Crippen molar-refractivity contribution in [2.24, 2.45) is 0 Å². The number of phenols is 1. The summed E-state index contributed by atoms with van der Waals surface area (Å²) in [4.78, 5) is 10.1. The molecule has 0 fully saturated rings. The number of phenolic OH excluding ortho intramolecular Hbond substituents is 1. The first-order valence-corrected chi connectivity index (χ1v) is 3.32. The molecule has 0 bridgehead atoms. The normalized spacial score (nSPS) is 8.62. The summed E-state index contributed by atoms with van der Waals surface area (Å²) in [5.74, 6) is -0.476. The van der Waals surface area contributed by atoms with Crippen LogP contribution in [0.25, 0.3) is 0 Å². The van der Waals surface area contributed by atoms with Gasteiger partial charge in [-0.05, 0) is 24.3 Å². The number of ether oxygens (including phenoxy) is 1. The maximum atomic E-state index is 10.1. The summed E-state index contributed by atoms with van der Waals surface area (Å²) >= 11 is 0. The van der Waals surface area contributed by atoms with Crippen molar-refractivity contribution in [3.63, 3.8) is 0 Å². The summed E-state index contributed by atoms with van der Waals surface area (Å²) in [6.07, 6.45) is 0. The first kappa shape index (κ1) is 11.3. The van der Waals surface area contributed by atoms with Crippen molar-refractivity contribution in [3.8, 4) is 11.5 Å². The maximum Gasteiger partial charge on any atom is 0.341 e. The second-order valence-electron chi connectivity index (χ2n) is 2.18. The smallest absolute Gasteiger partial charge is 0.341 e. The molecule has 0 saturated carbocycles. The van der Waals surface area contributed by atoms with Crippen molar-refractivity contribution in [2.75, 3.05) is 6.61 Å². The molecule has 4 nitrogen and oxygen atoms in total. The van der Waals surface area contributed by atoms with Crippen molar-refractivity contribution in [3.05, 3.63) is 24.3 Å². The lowest BCUT2D eigenvalue weighted by Crippen LogP contribution is -2.09. The van der Waals surface area contributed by atoms with Crippen LogP contribution in [0.15, 0.2) is 24.3 Å². The summed E-state index contributed by atoms with van der Waals surface area (Å²) in [5.41, 5.74) is 0. The van der Waals surface area contributed by atoms with E-state index in [9.17, 15) is 4.79 Å². The minimum Gasteiger partial charge on any atom is -0.508 e. The molecule has 1 rings (SSSR count). The second-order valence-corrected chi connectivity index (χ2v) is 2.18. The van der Waals surface area contributed by atoms with Crippen LogP contribution in [0.4, 0.5) is 0 Å².